The molecule has 0 aliphatic rings. The highest BCUT2D eigenvalue weighted by molar-refractivity contribution is 5.90. The monoisotopic (exact) mass is 304 g/mol. The van der Waals surface area contributed by atoms with Gasteiger partial charge in [-0.3, -0.25) is 0 Å². The summed E-state index contributed by atoms with van der Waals surface area (Å²) >= 11 is 0. The smallest absolute Gasteiger partial charge is 0.478 e. The van der Waals surface area contributed by atoms with Crippen molar-refractivity contribution in [2.45, 2.75) is 19.1 Å². The number of carboxylic acids is 1. The molecule has 112 valence electrons. The van der Waals surface area contributed by atoms with E-state index in [4.69, 9.17) is 10.8 Å². The quantitative estimate of drug-likeness (QED) is 0.836. The topological polar surface area (TPSA) is 85.4 Å². The molecule has 0 fully saturated rings. The Labute approximate surface area is 107 Å². The molecule has 0 saturated heterocycles. The van der Waals surface area contributed by atoms with Gasteiger partial charge in [-0.1, -0.05) is 0 Å². The Bertz CT molecular complexity index is 526. The Morgan fingerprint density at radius 2 is 1.85 bits per heavy atom. The number of alkyl halides is 6. The van der Waals surface area contributed by atoms with Crippen LogP contribution in [0.2, 0.25) is 0 Å². The molecule has 0 aliphatic heterocycles. The van der Waals surface area contributed by atoms with Crippen molar-refractivity contribution in [3.8, 4) is 5.88 Å². The molecule has 0 aliphatic carbocycles. The zero-order valence-corrected chi connectivity index (χ0v) is 9.34. The van der Waals surface area contributed by atoms with Gasteiger partial charge in [-0.2, -0.15) is 13.2 Å². The van der Waals surface area contributed by atoms with Crippen LogP contribution < -0.4 is 10.5 Å². The van der Waals surface area contributed by atoms with Crippen LogP contribution in [0.5, 0.6) is 5.88 Å². The number of hydrogen-bond donors (Lipinski definition) is 2. The lowest BCUT2D eigenvalue weighted by atomic mass is 10.0. The number of halogens is 6. The molecular formula is C9H6F6N2O3. The predicted molar refractivity (Wildman–Crippen MR) is 50.8 cm³/mol. The maximum absolute atomic E-state index is 12.8. The number of aromatic nitrogens is 1. The Morgan fingerprint density at radius 1 is 1.30 bits per heavy atom. The molecule has 1 aromatic rings. The molecule has 1 rings (SSSR count). The van der Waals surface area contributed by atoms with Crippen LogP contribution in [-0.2, 0) is 12.7 Å². The molecule has 5 nitrogen and oxygen atoms in total. The number of aromatic carboxylic acids is 1. The first kappa shape index (κ1) is 16.0. The number of nitrogens with two attached hydrogens (primary N) is 1. The van der Waals surface area contributed by atoms with E-state index in [2.05, 4.69) is 9.72 Å². The van der Waals surface area contributed by atoms with E-state index < -0.39 is 47.6 Å². The van der Waals surface area contributed by atoms with Crippen molar-refractivity contribution in [1.29, 1.82) is 0 Å². The predicted octanol–water partition coefficient (Wildman–Crippen LogP) is 2.16. The van der Waals surface area contributed by atoms with Gasteiger partial charge in [-0.15, -0.1) is 13.2 Å². The van der Waals surface area contributed by atoms with Gasteiger partial charge in [-0.25, -0.2) is 9.78 Å². The lowest BCUT2D eigenvalue weighted by Crippen LogP contribution is -2.24. The van der Waals surface area contributed by atoms with Gasteiger partial charge in [0.1, 0.15) is 0 Å². The molecule has 0 aromatic carbocycles. The molecule has 0 spiro atoms. The third-order valence-corrected chi connectivity index (χ3v) is 2.07. The Hall–Kier alpha value is -2.04. The van der Waals surface area contributed by atoms with Crippen LogP contribution in [0.4, 0.5) is 26.3 Å². The standard InChI is InChI=1S/C9H6F6N2O3/c10-8(11,12)5-3(1-16)6(20-9(13,14)15)17-2-4(5)7(18)19/h2H,1,16H2,(H,18,19). The second-order valence-electron chi connectivity index (χ2n) is 3.39. The van der Waals surface area contributed by atoms with E-state index >= 15 is 0 Å². The molecule has 20 heavy (non-hydrogen) atoms. The van der Waals surface area contributed by atoms with E-state index in [-0.39, 0.29) is 6.20 Å². The van der Waals surface area contributed by atoms with Gasteiger partial charge >= 0.3 is 18.5 Å². The van der Waals surface area contributed by atoms with Crippen LogP contribution in [0.25, 0.3) is 0 Å². The van der Waals surface area contributed by atoms with Crippen LogP contribution in [0.1, 0.15) is 21.5 Å². The molecule has 0 bridgehead atoms. The molecule has 0 amide bonds. The number of ether oxygens (including phenoxy) is 1. The summed E-state index contributed by atoms with van der Waals surface area (Å²) in [6.07, 6.45) is -10.4. The fourth-order valence-corrected chi connectivity index (χ4v) is 1.41. The third-order valence-electron chi connectivity index (χ3n) is 2.07. The van der Waals surface area contributed by atoms with E-state index in [1.54, 1.807) is 0 Å². The first-order chi connectivity index (χ1) is 8.97. The van der Waals surface area contributed by atoms with Gasteiger partial charge in [0, 0.05) is 18.3 Å². The highest BCUT2D eigenvalue weighted by Gasteiger charge is 2.41. The molecule has 0 atom stereocenters. The summed E-state index contributed by atoms with van der Waals surface area (Å²) in [4.78, 5) is 13.6. The van der Waals surface area contributed by atoms with Crippen LogP contribution in [0.15, 0.2) is 6.20 Å². The fourth-order valence-electron chi connectivity index (χ4n) is 1.41. The first-order valence-electron chi connectivity index (χ1n) is 4.75. The van der Waals surface area contributed by atoms with Crippen molar-refractivity contribution in [1.82, 2.24) is 4.98 Å². The molecular weight excluding hydrogens is 298 g/mol. The van der Waals surface area contributed by atoms with E-state index in [0.717, 1.165) is 0 Å². The molecule has 1 aromatic heterocycles. The van der Waals surface area contributed by atoms with Crippen molar-refractivity contribution >= 4 is 5.97 Å². The number of rotatable bonds is 3. The largest absolute Gasteiger partial charge is 0.574 e. The zero-order chi connectivity index (χ0) is 15.7. The number of carboxylic acid groups (broad SMARTS) is 1. The molecule has 0 saturated carbocycles. The normalized spacial score (nSPS) is 12.3. The van der Waals surface area contributed by atoms with Crippen molar-refractivity contribution < 1.29 is 41.0 Å². The summed E-state index contributed by atoms with van der Waals surface area (Å²) in [6.45, 7) is -1.03. The second-order valence-corrected chi connectivity index (χ2v) is 3.39. The minimum atomic E-state index is -5.29. The minimum Gasteiger partial charge on any atom is -0.478 e. The number of carbonyl (C=O) groups is 1. The highest BCUT2D eigenvalue weighted by Crippen LogP contribution is 2.38. The summed E-state index contributed by atoms with van der Waals surface area (Å²) < 4.78 is 77.8. The molecule has 0 radical (unpaired) electrons. The van der Waals surface area contributed by atoms with E-state index in [1.165, 1.54) is 0 Å². The van der Waals surface area contributed by atoms with Crippen LogP contribution in [0, 0.1) is 0 Å². The van der Waals surface area contributed by atoms with Crippen molar-refractivity contribution in [2.75, 3.05) is 0 Å². The maximum Gasteiger partial charge on any atom is 0.574 e. The summed E-state index contributed by atoms with van der Waals surface area (Å²) in [6, 6.07) is 0. The van der Waals surface area contributed by atoms with E-state index in [1.807, 2.05) is 0 Å². The van der Waals surface area contributed by atoms with E-state index in [9.17, 15) is 31.1 Å². The SMILES string of the molecule is NCc1c(OC(F)(F)F)ncc(C(=O)O)c1C(F)(F)F. The van der Waals surface area contributed by atoms with Gasteiger partial charge in [0.05, 0.1) is 11.1 Å². The van der Waals surface area contributed by atoms with Gasteiger partial charge in [-0.05, 0) is 0 Å². The number of nitrogens with zero attached hydrogens (tertiary/aromatic N) is 1. The zero-order valence-electron chi connectivity index (χ0n) is 9.34. The maximum atomic E-state index is 12.8. The van der Waals surface area contributed by atoms with Crippen molar-refractivity contribution in [2.24, 2.45) is 5.73 Å². The summed E-state index contributed by atoms with van der Waals surface area (Å²) in [5, 5.41) is 8.63. The summed E-state index contributed by atoms with van der Waals surface area (Å²) in [5.41, 5.74) is 0.640. The summed E-state index contributed by atoms with van der Waals surface area (Å²) in [7, 11) is 0. The van der Waals surface area contributed by atoms with Crippen LogP contribution in [0.3, 0.4) is 0 Å². The molecule has 0 unspecified atom stereocenters. The van der Waals surface area contributed by atoms with Crippen LogP contribution >= 0.6 is 0 Å². The van der Waals surface area contributed by atoms with E-state index in [0.29, 0.717) is 0 Å². The van der Waals surface area contributed by atoms with Gasteiger partial charge in [0.15, 0.2) is 0 Å². The molecule has 11 heteroatoms. The number of pyridine rings is 1. The Kier molecular flexibility index (Phi) is 4.12. The van der Waals surface area contributed by atoms with Crippen molar-refractivity contribution in [3.63, 3.8) is 0 Å². The van der Waals surface area contributed by atoms with Gasteiger partial charge in [0.2, 0.25) is 5.88 Å². The van der Waals surface area contributed by atoms with Gasteiger partial charge in [0.25, 0.3) is 0 Å². The molecule has 3 N–H and O–H groups in total. The van der Waals surface area contributed by atoms with Crippen molar-refractivity contribution in [3.05, 3.63) is 22.9 Å². The summed E-state index contributed by atoms with van der Waals surface area (Å²) in [5.74, 6) is -3.43. The van der Waals surface area contributed by atoms with Gasteiger partial charge < -0.3 is 15.6 Å². The Balaban J connectivity index is 3.57. The average Bonchev–Trinajstić information content (AvgIpc) is 2.24. The highest BCUT2D eigenvalue weighted by atomic mass is 19.4. The minimum absolute atomic E-state index is 0.130. The van der Waals surface area contributed by atoms with Crippen LogP contribution in [-0.4, -0.2) is 22.4 Å². The third kappa shape index (κ3) is 3.50. The lowest BCUT2D eigenvalue weighted by Gasteiger charge is -2.18. The number of hydrogen-bond acceptors (Lipinski definition) is 4. The Morgan fingerprint density at radius 3 is 2.20 bits per heavy atom. The second kappa shape index (κ2) is 5.15. The fraction of sp³-hybridized carbons (Fsp3) is 0.333. The molecule has 1 heterocycles. The average molecular weight is 304 g/mol. The lowest BCUT2D eigenvalue weighted by molar-refractivity contribution is -0.276. The first-order valence-corrected chi connectivity index (χ1v) is 4.75.